The number of hydrogen-bond donors (Lipinski definition) is 1. The zero-order valence-corrected chi connectivity index (χ0v) is 16.5. The van der Waals surface area contributed by atoms with Gasteiger partial charge in [-0.1, -0.05) is 37.3 Å². The van der Waals surface area contributed by atoms with Crippen LogP contribution in [-0.2, 0) is 16.4 Å². The molecule has 5 heteroatoms. The maximum absolute atomic E-state index is 12.8. The van der Waals surface area contributed by atoms with E-state index in [4.69, 9.17) is 0 Å². The Morgan fingerprint density at radius 3 is 2.78 bits per heavy atom. The van der Waals surface area contributed by atoms with Gasteiger partial charge in [0.2, 0.25) is 10.0 Å². The van der Waals surface area contributed by atoms with Crippen LogP contribution in [0.3, 0.4) is 0 Å². The Balaban J connectivity index is 1.90. The Hall–Kier alpha value is -2.50. The average Bonchev–Trinajstić information content (AvgIpc) is 2.68. The highest BCUT2D eigenvalue weighted by atomic mass is 32.2. The van der Waals surface area contributed by atoms with E-state index in [1.54, 1.807) is 31.3 Å². The van der Waals surface area contributed by atoms with Gasteiger partial charge in [-0.15, -0.1) is 0 Å². The minimum atomic E-state index is -3.61. The molecule has 1 heterocycles. The second-order valence-corrected chi connectivity index (χ2v) is 8.23. The number of rotatable bonds is 6. The van der Waals surface area contributed by atoms with Gasteiger partial charge in [0.05, 0.1) is 4.90 Å². The first-order chi connectivity index (χ1) is 12.9. The van der Waals surface area contributed by atoms with Crippen molar-refractivity contribution in [3.8, 4) is 11.1 Å². The van der Waals surface area contributed by atoms with Crippen molar-refractivity contribution in [2.75, 3.05) is 0 Å². The fourth-order valence-corrected chi connectivity index (χ4v) is 4.59. The topological polar surface area (TPSA) is 59.1 Å². The molecule has 0 fully saturated rings. The van der Waals surface area contributed by atoms with Crippen LogP contribution in [0.4, 0.5) is 0 Å². The van der Waals surface area contributed by atoms with Crippen LogP contribution in [0, 0.1) is 13.0 Å². The molecule has 27 heavy (non-hydrogen) atoms. The maximum Gasteiger partial charge on any atom is 0.241 e. The quantitative estimate of drug-likeness (QED) is 0.688. The Labute approximate surface area is 161 Å². The van der Waals surface area contributed by atoms with Crippen LogP contribution in [0.15, 0.2) is 65.8 Å². The molecular formula is C22H23N2O2S. The van der Waals surface area contributed by atoms with Crippen molar-refractivity contribution in [1.82, 2.24) is 9.71 Å². The summed E-state index contributed by atoms with van der Waals surface area (Å²) in [6.45, 7) is 5.72. The monoisotopic (exact) mass is 379 g/mol. The number of nitrogens with zero attached hydrogens (tertiary/aromatic N) is 1. The summed E-state index contributed by atoms with van der Waals surface area (Å²) in [5.74, 6) is 0. The summed E-state index contributed by atoms with van der Waals surface area (Å²) in [7, 11) is -3.61. The van der Waals surface area contributed by atoms with Crippen LogP contribution < -0.4 is 4.72 Å². The number of sulfonamides is 1. The highest BCUT2D eigenvalue weighted by Crippen LogP contribution is 2.27. The SMILES string of the molecule is CCc1cnccc1-c1cccc([C@H](C)NS(=O)(=O)c2cc[c]cc2C)c1. The van der Waals surface area contributed by atoms with E-state index < -0.39 is 10.0 Å². The van der Waals surface area contributed by atoms with Gasteiger partial charge in [0, 0.05) is 18.4 Å². The lowest BCUT2D eigenvalue weighted by molar-refractivity contribution is 0.566. The molecular weight excluding hydrogens is 356 g/mol. The fourth-order valence-electron chi connectivity index (χ4n) is 3.13. The van der Waals surface area contributed by atoms with Crippen LogP contribution in [0.1, 0.15) is 36.6 Å². The Morgan fingerprint density at radius 2 is 2.04 bits per heavy atom. The number of benzene rings is 2. The molecule has 1 N–H and O–H groups in total. The molecule has 1 radical (unpaired) electrons. The molecule has 4 nitrogen and oxygen atoms in total. The van der Waals surface area contributed by atoms with E-state index in [-0.39, 0.29) is 10.9 Å². The van der Waals surface area contributed by atoms with Gasteiger partial charge in [0.25, 0.3) is 0 Å². The zero-order valence-electron chi connectivity index (χ0n) is 15.7. The van der Waals surface area contributed by atoms with Gasteiger partial charge in [0.15, 0.2) is 0 Å². The average molecular weight is 380 g/mol. The summed E-state index contributed by atoms with van der Waals surface area (Å²) in [4.78, 5) is 4.48. The van der Waals surface area contributed by atoms with Crippen LogP contribution >= 0.6 is 0 Å². The van der Waals surface area contributed by atoms with Crippen molar-refractivity contribution in [2.24, 2.45) is 0 Å². The molecule has 2 aromatic carbocycles. The van der Waals surface area contributed by atoms with Gasteiger partial charge in [-0.2, -0.15) is 0 Å². The Bertz CT molecular complexity index is 1050. The molecule has 0 unspecified atom stereocenters. The number of hydrogen-bond acceptors (Lipinski definition) is 3. The van der Waals surface area contributed by atoms with Crippen molar-refractivity contribution in [2.45, 2.75) is 38.1 Å². The van der Waals surface area contributed by atoms with Gasteiger partial charge >= 0.3 is 0 Å². The summed E-state index contributed by atoms with van der Waals surface area (Å²) in [6, 6.07) is 17.4. The predicted octanol–water partition coefficient (Wildman–Crippen LogP) is 4.46. The second-order valence-electron chi connectivity index (χ2n) is 6.55. The first-order valence-corrected chi connectivity index (χ1v) is 10.4. The van der Waals surface area contributed by atoms with Crippen molar-refractivity contribution in [3.05, 3.63) is 83.7 Å². The Kier molecular flexibility index (Phi) is 5.73. The molecule has 1 aromatic heterocycles. The van der Waals surface area contributed by atoms with Crippen molar-refractivity contribution in [3.63, 3.8) is 0 Å². The smallest absolute Gasteiger partial charge is 0.241 e. The molecule has 0 saturated heterocycles. The second kappa shape index (κ2) is 8.03. The summed E-state index contributed by atoms with van der Waals surface area (Å²) in [6.07, 6.45) is 4.55. The van der Waals surface area contributed by atoms with Crippen LogP contribution in [-0.4, -0.2) is 13.4 Å². The zero-order chi connectivity index (χ0) is 19.4. The van der Waals surface area contributed by atoms with Crippen LogP contribution in [0.2, 0.25) is 0 Å². The van der Waals surface area contributed by atoms with Gasteiger partial charge in [-0.05, 0) is 72.4 Å². The van der Waals surface area contributed by atoms with E-state index in [1.165, 1.54) is 5.56 Å². The number of aromatic nitrogens is 1. The third-order valence-electron chi connectivity index (χ3n) is 4.62. The predicted molar refractivity (Wildman–Crippen MR) is 108 cm³/mol. The molecule has 0 aliphatic carbocycles. The molecule has 1 atom stereocenters. The van der Waals surface area contributed by atoms with Crippen LogP contribution in [0.5, 0.6) is 0 Å². The molecule has 0 aliphatic heterocycles. The van der Waals surface area contributed by atoms with Gasteiger partial charge < -0.3 is 0 Å². The molecule has 0 aliphatic rings. The lowest BCUT2D eigenvalue weighted by Crippen LogP contribution is -2.27. The van der Waals surface area contributed by atoms with Crippen LogP contribution in [0.25, 0.3) is 11.1 Å². The van der Waals surface area contributed by atoms with Crippen molar-refractivity contribution < 1.29 is 8.42 Å². The lowest BCUT2D eigenvalue weighted by atomic mass is 9.97. The van der Waals surface area contributed by atoms with Gasteiger partial charge in [0.1, 0.15) is 0 Å². The number of pyridine rings is 1. The molecule has 0 spiro atoms. The third-order valence-corrected chi connectivity index (χ3v) is 6.32. The van der Waals surface area contributed by atoms with E-state index >= 15 is 0 Å². The molecule has 0 amide bonds. The summed E-state index contributed by atoms with van der Waals surface area (Å²) < 4.78 is 28.3. The van der Waals surface area contributed by atoms with E-state index in [0.29, 0.717) is 5.56 Å². The fraction of sp³-hybridized carbons (Fsp3) is 0.227. The first kappa shape index (κ1) is 19.3. The highest BCUT2D eigenvalue weighted by Gasteiger charge is 2.20. The first-order valence-electron chi connectivity index (χ1n) is 8.94. The molecule has 3 rings (SSSR count). The van der Waals surface area contributed by atoms with E-state index in [2.05, 4.69) is 22.7 Å². The Morgan fingerprint density at radius 1 is 1.22 bits per heavy atom. The summed E-state index contributed by atoms with van der Waals surface area (Å²) in [5.41, 5.74) is 4.94. The summed E-state index contributed by atoms with van der Waals surface area (Å²) >= 11 is 0. The minimum Gasteiger partial charge on any atom is -0.264 e. The van der Waals surface area contributed by atoms with E-state index in [1.807, 2.05) is 43.5 Å². The highest BCUT2D eigenvalue weighted by molar-refractivity contribution is 7.89. The standard InChI is InChI=1S/C22H23N2O2S/c1-4-18-15-23-13-12-21(18)20-10-7-9-19(14-20)17(3)24-27(25,26)22-11-6-5-8-16(22)2/h6-15,17,24H,4H2,1-3H3/t17-/m0/s1. The van der Waals surface area contributed by atoms with Crippen molar-refractivity contribution >= 4 is 10.0 Å². The summed E-state index contributed by atoms with van der Waals surface area (Å²) in [5, 5.41) is 0. The van der Waals surface area contributed by atoms with E-state index in [9.17, 15) is 8.42 Å². The normalized spacial score (nSPS) is 12.7. The van der Waals surface area contributed by atoms with Gasteiger partial charge in [-0.25, -0.2) is 13.1 Å². The largest absolute Gasteiger partial charge is 0.264 e. The van der Waals surface area contributed by atoms with Gasteiger partial charge in [-0.3, -0.25) is 4.98 Å². The number of nitrogens with one attached hydrogen (secondary N) is 1. The van der Waals surface area contributed by atoms with E-state index in [0.717, 1.165) is 23.1 Å². The molecule has 139 valence electrons. The van der Waals surface area contributed by atoms with Crippen molar-refractivity contribution in [1.29, 1.82) is 0 Å². The number of aryl methyl sites for hydroxylation is 2. The third kappa shape index (κ3) is 4.26. The maximum atomic E-state index is 12.8. The molecule has 3 aromatic rings. The minimum absolute atomic E-state index is 0.284. The molecule has 0 bridgehead atoms. The molecule has 0 saturated carbocycles. The lowest BCUT2D eigenvalue weighted by Gasteiger charge is -2.17.